The molecule has 0 aromatic heterocycles. The molecule has 1 saturated heterocycles. The molecular weight excluding hydrogens is 260 g/mol. The van der Waals surface area contributed by atoms with Gasteiger partial charge < -0.3 is 10.5 Å². The van der Waals surface area contributed by atoms with Crippen molar-refractivity contribution in [1.82, 2.24) is 4.90 Å². The zero-order valence-electron chi connectivity index (χ0n) is 13.7. The normalized spacial score (nSPS) is 23.5. The molecule has 1 aliphatic heterocycles. The predicted molar refractivity (Wildman–Crippen MR) is 88.5 cm³/mol. The van der Waals surface area contributed by atoms with Gasteiger partial charge in [0.2, 0.25) is 0 Å². The number of nitrogens with two attached hydrogens (primary N) is 1. The fraction of sp³-hybridized carbons (Fsp3) is 0.667. The van der Waals surface area contributed by atoms with E-state index >= 15 is 0 Å². The number of piperidine rings is 1. The molecule has 2 rings (SSSR count). The first kappa shape index (κ1) is 16.3. The van der Waals surface area contributed by atoms with Gasteiger partial charge in [-0.3, -0.25) is 4.90 Å². The molecule has 3 heteroatoms. The van der Waals surface area contributed by atoms with E-state index in [0.29, 0.717) is 6.04 Å². The molecule has 0 bridgehead atoms. The Morgan fingerprint density at radius 3 is 2.86 bits per heavy atom. The molecule has 3 nitrogen and oxygen atoms in total. The molecular formula is C18H30N2O. The van der Waals surface area contributed by atoms with Crippen LogP contribution in [0.3, 0.4) is 0 Å². The van der Waals surface area contributed by atoms with E-state index in [1.54, 1.807) is 0 Å². The van der Waals surface area contributed by atoms with Crippen molar-refractivity contribution in [3.8, 4) is 5.75 Å². The van der Waals surface area contributed by atoms with E-state index in [0.717, 1.165) is 31.3 Å². The summed E-state index contributed by atoms with van der Waals surface area (Å²) in [5.41, 5.74) is 7.31. The first-order chi connectivity index (χ1) is 10.1. The number of hydrogen-bond donors (Lipinski definition) is 1. The Morgan fingerprint density at radius 2 is 2.19 bits per heavy atom. The maximum absolute atomic E-state index is 5.99. The van der Waals surface area contributed by atoms with Crippen LogP contribution in [-0.4, -0.2) is 30.1 Å². The average Bonchev–Trinajstić information content (AvgIpc) is 2.47. The van der Waals surface area contributed by atoms with Crippen molar-refractivity contribution in [2.45, 2.75) is 58.7 Å². The third kappa shape index (κ3) is 4.72. The minimum Gasteiger partial charge on any atom is -0.491 e. The number of benzene rings is 1. The number of nitrogens with zero attached hydrogens (tertiary/aromatic N) is 1. The second-order valence-corrected chi connectivity index (χ2v) is 6.47. The summed E-state index contributed by atoms with van der Waals surface area (Å²) in [5.74, 6) is 1.82. The van der Waals surface area contributed by atoms with Crippen LogP contribution in [-0.2, 0) is 6.54 Å². The molecule has 1 aromatic rings. The van der Waals surface area contributed by atoms with Crippen LogP contribution in [0, 0.1) is 5.92 Å². The largest absolute Gasteiger partial charge is 0.491 e. The molecule has 0 aliphatic carbocycles. The van der Waals surface area contributed by atoms with Gasteiger partial charge in [-0.25, -0.2) is 0 Å². The molecule has 1 aliphatic rings. The average molecular weight is 290 g/mol. The van der Waals surface area contributed by atoms with Crippen molar-refractivity contribution < 1.29 is 4.74 Å². The Balaban J connectivity index is 2.00. The molecule has 0 radical (unpaired) electrons. The highest BCUT2D eigenvalue weighted by Crippen LogP contribution is 2.27. The van der Waals surface area contributed by atoms with Crippen LogP contribution in [0.4, 0.5) is 0 Å². The van der Waals surface area contributed by atoms with Crippen molar-refractivity contribution in [3.05, 3.63) is 29.8 Å². The summed E-state index contributed by atoms with van der Waals surface area (Å²) in [4.78, 5) is 2.54. The Morgan fingerprint density at radius 1 is 1.38 bits per heavy atom. The maximum atomic E-state index is 5.99. The summed E-state index contributed by atoms with van der Waals surface area (Å²) in [5, 5.41) is 0. The minimum atomic E-state index is 0.220. The monoisotopic (exact) mass is 290 g/mol. The van der Waals surface area contributed by atoms with Crippen molar-refractivity contribution in [2.24, 2.45) is 11.7 Å². The zero-order chi connectivity index (χ0) is 15.2. The fourth-order valence-electron chi connectivity index (χ4n) is 3.23. The first-order valence-electron chi connectivity index (χ1n) is 8.32. The summed E-state index contributed by atoms with van der Waals surface area (Å²) >= 11 is 0. The smallest absolute Gasteiger partial charge is 0.120 e. The quantitative estimate of drug-likeness (QED) is 0.872. The lowest BCUT2D eigenvalue weighted by molar-refractivity contribution is 0.107. The summed E-state index contributed by atoms with van der Waals surface area (Å²) in [6.45, 7) is 9.32. The van der Waals surface area contributed by atoms with Crippen molar-refractivity contribution in [1.29, 1.82) is 0 Å². The van der Waals surface area contributed by atoms with Crippen molar-refractivity contribution in [3.63, 3.8) is 0 Å². The SMILES string of the molecule is CCC1CCN(Cc2cccc(OC(C)C)c2)C(CN)C1. The summed E-state index contributed by atoms with van der Waals surface area (Å²) in [7, 11) is 0. The van der Waals surface area contributed by atoms with E-state index in [1.807, 2.05) is 6.07 Å². The van der Waals surface area contributed by atoms with E-state index in [4.69, 9.17) is 10.5 Å². The Hall–Kier alpha value is -1.06. The van der Waals surface area contributed by atoms with Crippen LogP contribution in [0.15, 0.2) is 24.3 Å². The predicted octanol–water partition coefficient (Wildman–Crippen LogP) is 3.42. The Kier molecular flexibility index (Phi) is 6.07. The van der Waals surface area contributed by atoms with Crippen LogP contribution >= 0.6 is 0 Å². The second kappa shape index (κ2) is 7.81. The van der Waals surface area contributed by atoms with Crippen LogP contribution in [0.25, 0.3) is 0 Å². The lowest BCUT2D eigenvalue weighted by Gasteiger charge is -2.39. The molecule has 0 amide bonds. The van der Waals surface area contributed by atoms with E-state index in [9.17, 15) is 0 Å². The summed E-state index contributed by atoms with van der Waals surface area (Å²) in [6, 6.07) is 9.00. The zero-order valence-corrected chi connectivity index (χ0v) is 13.7. The van der Waals surface area contributed by atoms with Gasteiger partial charge in [0, 0.05) is 19.1 Å². The van der Waals surface area contributed by atoms with Gasteiger partial charge in [0.1, 0.15) is 5.75 Å². The number of hydrogen-bond acceptors (Lipinski definition) is 3. The molecule has 2 atom stereocenters. The van der Waals surface area contributed by atoms with Gasteiger partial charge in [0.15, 0.2) is 0 Å². The topological polar surface area (TPSA) is 38.5 Å². The molecule has 118 valence electrons. The van der Waals surface area contributed by atoms with Crippen LogP contribution in [0.1, 0.15) is 45.6 Å². The highest BCUT2D eigenvalue weighted by Gasteiger charge is 2.26. The second-order valence-electron chi connectivity index (χ2n) is 6.47. The Bertz CT molecular complexity index is 433. The summed E-state index contributed by atoms with van der Waals surface area (Å²) in [6.07, 6.45) is 4.05. The van der Waals surface area contributed by atoms with E-state index in [-0.39, 0.29) is 6.10 Å². The molecule has 2 unspecified atom stereocenters. The summed E-state index contributed by atoms with van der Waals surface area (Å²) < 4.78 is 5.79. The highest BCUT2D eigenvalue weighted by molar-refractivity contribution is 5.28. The van der Waals surface area contributed by atoms with Gasteiger partial charge >= 0.3 is 0 Å². The highest BCUT2D eigenvalue weighted by atomic mass is 16.5. The van der Waals surface area contributed by atoms with E-state index < -0.39 is 0 Å². The number of ether oxygens (including phenoxy) is 1. The van der Waals surface area contributed by atoms with Gasteiger partial charge in [-0.15, -0.1) is 0 Å². The molecule has 21 heavy (non-hydrogen) atoms. The molecule has 1 heterocycles. The standard InChI is InChI=1S/C18H30N2O/c1-4-15-8-9-20(17(10-15)12-19)13-16-6-5-7-18(11-16)21-14(2)3/h5-7,11,14-15,17H,4,8-10,12-13,19H2,1-3H3. The van der Waals surface area contributed by atoms with Gasteiger partial charge in [0.25, 0.3) is 0 Å². The maximum Gasteiger partial charge on any atom is 0.120 e. The van der Waals surface area contributed by atoms with Crippen LogP contribution in [0.2, 0.25) is 0 Å². The lowest BCUT2D eigenvalue weighted by Crippen LogP contribution is -2.46. The molecule has 2 N–H and O–H groups in total. The molecule has 1 fully saturated rings. The van der Waals surface area contributed by atoms with E-state index in [2.05, 4.69) is 43.9 Å². The third-order valence-electron chi connectivity index (χ3n) is 4.45. The van der Waals surface area contributed by atoms with Gasteiger partial charge in [0.05, 0.1) is 6.10 Å². The Labute approximate surface area is 129 Å². The van der Waals surface area contributed by atoms with Gasteiger partial charge in [-0.1, -0.05) is 25.5 Å². The van der Waals surface area contributed by atoms with Gasteiger partial charge in [-0.2, -0.15) is 0 Å². The fourth-order valence-corrected chi connectivity index (χ4v) is 3.23. The van der Waals surface area contributed by atoms with E-state index in [1.165, 1.54) is 24.8 Å². The number of likely N-dealkylation sites (tertiary alicyclic amines) is 1. The molecule has 1 aromatic carbocycles. The lowest BCUT2D eigenvalue weighted by atomic mass is 9.88. The van der Waals surface area contributed by atoms with Crippen LogP contribution < -0.4 is 10.5 Å². The van der Waals surface area contributed by atoms with Gasteiger partial charge in [-0.05, 0) is 56.8 Å². The molecule has 0 spiro atoms. The van der Waals surface area contributed by atoms with Crippen molar-refractivity contribution >= 4 is 0 Å². The van der Waals surface area contributed by atoms with Crippen molar-refractivity contribution in [2.75, 3.05) is 13.1 Å². The first-order valence-corrected chi connectivity index (χ1v) is 8.32. The minimum absolute atomic E-state index is 0.220. The molecule has 0 saturated carbocycles. The van der Waals surface area contributed by atoms with Crippen LogP contribution in [0.5, 0.6) is 5.75 Å². The third-order valence-corrected chi connectivity index (χ3v) is 4.45. The number of rotatable bonds is 6.